The van der Waals surface area contributed by atoms with Crippen molar-refractivity contribution >= 4 is 5.95 Å². The van der Waals surface area contributed by atoms with Crippen LogP contribution < -0.4 is 4.90 Å². The third kappa shape index (κ3) is 2.82. The molecular weight excluding hydrogens is 288 g/mol. The first-order chi connectivity index (χ1) is 11.3. The van der Waals surface area contributed by atoms with Crippen LogP contribution >= 0.6 is 0 Å². The summed E-state index contributed by atoms with van der Waals surface area (Å²) in [5.41, 5.74) is 2.39. The molecule has 1 aliphatic carbocycles. The van der Waals surface area contributed by atoms with Crippen LogP contribution in [0.3, 0.4) is 0 Å². The van der Waals surface area contributed by atoms with Gasteiger partial charge in [-0.1, -0.05) is 24.3 Å². The normalized spacial score (nSPS) is 25.2. The lowest BCUT2D eigenvalue weighted by atomic mass is 10.1. The molecule has 4 rings (SSSR count). The number of fused-ring (bicyclic) bond motifs is 1. The molecule has 2 heterocycles. The Bertz CT molecular complexity index is 663. The summed E-state index contributed by atoms with van der Waals surface area (Å²) in [4.78, 5) is 13.4. The van der Waals surface area contributed by atoms with Crippen molar-refractivity contribution in [2.45, 2.75) is 25.0 Å². The first-order valence-electron chi connectivity index (χ1n) is 8.35. The van der Waals surface area contributed by atoms with Crippen LogP contribution in [0.25, 0.3) is 0 Å². The van der Waals surface area contributed by atoms with Crippen molar-refractivity contribution in [2.75, 3.05) is 31.1 Å². The van der Waals surface area contributed by atoms with Gasteiger partial charge < -0.3 is 10.0 Å². The van der Waals surface area contributed by atoms with E-state index in [-0.39, 0.29) is 12.1 Å². The van der Waals surface area contributed by atoms with Crippen LogP contribution in [0.15, 0.2) is 42.7 Å². The van der Waals surface area contributed by atoms with Gasteiger partial charge in [-0.05, 0) is 30.0 Å². The van der Waals surface area contributed by atoms with E-state index in [1.807, 2.05) is 12.1 Å². The number of benzene rings is 1. The highest BCUT2D eigenvalue weighted by atomic mass is 16.3. The molecule has 0 bridgehead atoms. The van der Waals surface area contributed by atoms with Gasteiger partial charge in [0, 0.05) is 44.6 Å². The molecular formula is C18H22N4O. The topological polar surface area (TPSA) is 52.5 Å². The predicted octanol–water partition coefficient (Wildman–Crippen LogP) is 1.65. The van der Waals surface area contributed by atoms with Crippen molar-refractivity contribution in [3.05, 3.63) is 53.9 Å². The molecule has 120 valence electrons. The average Bonchev–Trinajstić information content (AvgIpc) is 2.78. The van der Waals surface area contributed by atoms with Crippen LogP contribution in [-0.4, -0.2) is 52.2 Å². The van der Waals surface area contributed by atoms with Gasteiger partial charge in [0.1, 0.15) is 0 Å². The minimum Gasteiger partial charge on any atom is -0.387 e. The van der Waals surface area contributed by atoms with E-state index >= 15 is 0 Å². The third-order valence-corrected chi connectivity index (χ3v) is 5.00. The van der Waals surface area contributed by atoms with E-state index in [0.29, 0.717) is 0 Å². The zero-order valence-corrected chi connectivity index (χ0v) is 13.2. The van der Waals surface area contributed by atoms with Gasteiger partial charge in [-0.15, -0.1) is 0 Å². The van der Waals surface area contributed by atoms with Crippen LogP contribution in [0.5, 0.6) is 0 Å². The van der Waals surface area contributed by atoms with E-state index in [4.69, 9.17) is 0 Å². The van der Waals surface area contributed by atoms with Crippen LogP contribution in [0.2, 0.25) is 0 Å². The molecule has 2 aromatic rings. The maximum Gasteiger partial charge on any atom is 0.225 e. The van der Waals surface area contributed by atoms with E-state index < -0.39 is 0 Å². The summed E-state index contributed by atoms with van der Waals surface area (Å²) in [7, 11) is 0. The average molecular weight is 310 g/mol. The van der Waals surface area contributed by atoms with Crippen molar-refractivity contribution in [2.24, 2.45) is 0 Å². The zero-order chi connectivity index (χ0) is 15.6. The highest BCUT2D eigenvalue weighted by molar-refractivity contribution is 5.36. The Hall–Kier alpha value is -1.98. The fraction of sp³-hybridized carbons (Fsp3) is 0.444. The summed E-state index contributed by atoms with van der Waals surface area (Å²) in [5.74, 6) is 0.810. The largest absolute Gasteiger partial charge is 0.387 e. The summed E-state index contributed by atoms with van der Waals surface area (Å²) in [6, 6.07) is 10.3. The number of aliphatic hydroxyl groups excluding tert-OH is 1. The molecule has 1 aromatic carbocycles. The quantitative estimate of drug-likeness (QED) is 0.914. The van der Waals surface area contributed by atoms with E-state index in [2.05, 4.69) is 38.0 Å². The molecule has 1 N–H and O–H groups in total. The predicted molar refractivity (Wildman–Crippen MR) is 89.3 cm³/mol. The van der Waals surface area contributed by atoms with Crippen LogP contribution in [-0.2, 0) is 6.42 Å². The van der Waals surface area contributed by atoms with Gasteiger partial charge in [-0.25, -0.2) is 9.97 Å². The Morgan fingerprint density at radius 1 is 0.957 bits per heavy atom. The molecule has 2 unspecified atom stereocenters. The molecule has 0 radical (unpaired) electrons. The first-order valence-corrected chi connectivity index (χ1v) is 8.35. The lowest BCUT2D eigenvalue weighted by Crippen LogP contribution is -2.41. The van der Waals surface area contributed by atoms with Gasteiger partial charge in [0.05, 0.1) is 6.10 Å². The molecule has 2 atom stereocenters. The number of hydrogen-bond acceptors (Lipinski definition) is 5. The van der Waals surface area contributed by atoms with E-state index in [1.165, 1.54) is 5.56 Å². The summed E-state index contributed by atoms with van der Waals surface area (Å²) in [5, 5.41) is 10.7. The van der Waals surface area contributed by atoms with Crippen molar-refractivity contribution in [3.63, 3.8) is 0 Å². The molecule has 0 saturated carbocycles. The number of anilines is 1. The van der Waals surface area contributed by atoms with E-state index in [0.717, 1.165) is 50.5 Å². The van der Waals surface area contributed by atoms with Gasteiger partial charge in [-0.2, -0.15) is 0 Å². The molecule has 1 aromatic heterocycles. The van der Waals surface area contributed by atoms with Gasteiger partial charge >= 0.3 is 0 Å². The zero-order valence-electron chi connectivity index (χ0n) is 13.2. The van der Waals surface area contributed by atoms with E-state index in [9.17, 15) is 5.11 Å². The smallest absolute Gasteiger partial charge is 0.225 e. The van der Waals surface area contributed by atoms with Crippen molar-refractivity contribution in [3.8, 4) is 0 Å². The standard InChI is InChI=1S/C18H22N4O/c23-17-15-6-2-1-5-14(15)13-16(17)21-9-4-10-22(12-11-21)18-19-7-3-8-20-18/h1-3,5-8,16-17,23H,4,9-13H2. The van der Waals surface area contributed by atoms with Crippen molar-refractivity contribution in [1.82, 2.24) is 14.9 Å². The second-order valence-electron chi connectivity index (χ2n) is 6.34. The van der Waals surface area contributed by atoms with Gasteiger partial charge in [0.25, 0.3) is 0 Å². The molecule has 2 aliphatic rings. The fourth-order valence-corrected chi connectivity index (χ4v) is 3.81. The molecule has 0 spiro atoms. The molecule has 0 amide bonds. The number of aliphatic hydroxyl groups is 1. The van der Waals surface area contributed by atoms with Gasteiger partial charge in [-0.3, -0.25) is 4.90 Å². The van der Waals surface area contributed by atoms with Crippen molar-refractivity contribution < 1.29 is 5.11 Å². The highest BCUT2D eigenvalue weighted by Crippen LogP contribution is 2.34. The Kier molecular flexibility index (Phi) is 3.97. The van der Waals surface area contributed by atoms with Crippen LogP contribution in [0.1, 0.15) is 23.7 Å². The third-order valence-electron chi connectivity index (χ3n) is 5.00. The maximum atomic E-state index is 10.7. The molecule has 5 nitrogen and oxygen atoms in total. The monoisotopic (exact) mass is 310 g/mol. The number of nitrogens with zero attached hydrogens (tertiary/aromatic N) is 4. The fourth-order valence-electron chi connectivity index (χ4n) is 3.81. The number of rotatable bonds is 2. The van der Waals surface area contributed by atoms with Crippen LogP contribution in [0, 0.1) is 0 Å². The minimum absolute atomic E-state index is 0.198. The Balaban J connectivity index is 1.46. The van der Waals surface area contributed by atoms with Gasteiger partial charge in [0.15, 0.2) is 0 Å². The summed E-state index contributed by atoms with van der Waals surface area (Å²) < 4.78 is 0. The SMILES string of the molecule is OC1c2ccccc2CC1N1CCCN(c2ncccn2)CC1. The second-order valence-corrected chi connectivity index (χ2v) is 6.34. The Morgan fingerprint density at radius 2 is 1.78 bits per heavy atom. The second kappa shape index (κ2) is 6.26. The minimum atomic E-state index is -0.370. The lowest BCUT2D eigenvalue weighted by Gasteiger charge is -2.30. The summed E-state index contributed by atoms with van der Waals surface area (Å²) >= 11 is 0. The lowest BCUT2D eigenvalue weighted by molar-refractivity contribution is 0.0647. The van der Waals surface area contributed by atoms with Crippen molar-refractivity contribution in [1.29, 1.82) is 0 Å². The number of hydrogen-bond donors (Lipinski definition) is 1. The molecule has 5 heteroatoms. The maximum absolute atomic E-state index is 10.7. The number of aromatic nitrogens is 2. The molecule has 23 heavy (non-hydrogen) atoms. The first kappa shape index (κ1) is 14.6. The van der Waals surface area contributed by atoms with Gasteiger partial charge in [0.2, 0.25) is 5.95 Å². The molecule has 1 aliphatic heterocycles. The van der Waals surface area contributed by atoms with Crippen LogP contribution in [0.4, 0.5) is 5.95 Å². The van der Waals surface area contributed by atoms with E-state index in [1.54, 1.807) is 12.4 Å². The Morgan fingerprint density at radius 3 is 2.61 bits per heavy atom. The summed E-state index contributed by atoms with van der Waals surface area (Å²) in [6.07, 6.45) is 5.23. The Labute approximate surface area is 136 Å². The molecule has 1 fully saturated rings. The summed E-state index contributed by atoms with van der Waals surface area (Å²) in [6.45, 7) is 3.83. The highest BCUT2D eigenvalue weighted by Gasteiger charge is 2.35. The molecule has 1 saturated heterocycles.